The standard InChI is InChI=1S/C25H32N6O10/c26-14(5-7-20(33)34)22(37)30-18(10-19(27)32)24(39)31-17(9-12-11-28-15-4-2-1-3-13(12)15)23(38)29-16(25(40)41)6-8-21(35)36/h1-4,11,14,16-18,28H,5-10,26H2,(H2,27,32)(H,29,38)(H,30,37)(H,31,39)(H,33,34)(H,35,36)(H,40,41). The third kappa shape index (κ3) is 10.2. The van der Waals surface area contributed by atoms with Gasteiger partial charge in [0.1, 0.15) is 18.1 Å². The number of aliphatic carboxylic acids is 3. The molecule has 1 aromatic carbocycles. The van der Waals surface area contributed by atoms with Crippen LogP contribution in [-0.4, -0.2) is 86.0 Å². The van der Waals surface area contributed by atoms with Crippen LogP contribution in [0.2, 0.25) is 0 Å². The lowest BCUT2D eigenvalue weighted by Crippen LogP contribution is -2.58. The minimum Gasteiger partial charge on any atom is -0.481 e. The first-order valence-electron chi connectivity index (χ1n) is 12.4. The number of nitrogens with two attached hydrogens (primary N) is 2. The van der Waals surface area contributed by atoms with Gasteiger partial charge in [0.05, 0.1) is 12.5 Å². The smallest absolute Gasteiger partial charge is 0.326 e. The van der Waals surface area contributed by atoms with Crippen LogP contribution in [0.3, 0.4) is 0 Å². The van der Waals surface area contributed by atoms with Crippen LogP contribution in [0.4, 0.5) is 0 Å². The van der Waals surface area contributed by atoms with E-state index in [4.69, 9.17) is 21.7 Å². The first-order valence-corrected chi connectivity index (χ1v) is 12.4. The Hall–Kier alpha value is -4.99. The van der Waals surface area contributed by atoms with E-state index in [1.807, 2.05) is 0 Å². The second-order valence-corrected chi connectivity index (χ2v) is 9.23. The van der Waals surface area contributed by atoms with Crippen LogP contribution in [0.5, 0.6) is 0 Å². The highest BCUT2D eigenvalue weighted by Gasteiger charge is 2.32. The van der Waals surface area contributed by atoms with Crippen molar-refractivity contribution in [1.29, 1.82) is 0 Å². The highest BCUT2D eigenvalue weighted by atomic mass is 16.4. The van der Waals surface area contributed by atoms with Gasteiger partial charge in [0.2, 0.25) is 23.6 Å². The van der Waals surface area contributed by atoms with Crippen molar-refractivity contribution in [2.45, 2.75) is 62.7 Å². The van der Waals surface area contributed by atoms with Crippen LogP contribution in [0.1, 0.15) is 37.7 Å². The van der Waals surface area contributed by atoms with E-state index in [1.54, 1.807) is 30.5 Å². The zero-order valence-electron chi connectivity index (χ0n) is 21.8. The molecule has 0 aliphatic rings. The van der Waals surface area contributed by atoms with E-state index in [9.17, 15) is 38.7 Å². The SMILES string of the molecule is NC(=O)CC(NC(=O)C(N)CCC(=O)O)C(=O)NC(Cc1c[nH]c2ccccc12)C(=O)NC(CCC(=O)O)C(=O)O. The Morgan fingerprint density at radius 1 is 0.780 bits per heavy atom. The van der Waals surface area contributed by atoms with E-state index >= 15 is 0 Å². The number of primary amides is 1. The minimum absolute atomic E-state index is 0.164. The first-order chi connectivity index (χ1) is 19.3. The number of rotatable bonds is 17. The summed E-state index contributed by atoms with van der Waals surface area (Å²) in [7, 11) is 0. The van der Waals surface area contributed by atoms with Crippen LogP contribution in [-0.2, 0) is 40.0 Å². The average molecular weight is 577 g/mol. The predicted molar refractivity (Wildman–Crippen MR) is 141 cm³/mol. The fraction of sp³-hybridized carbons (Fsp3) is 0.400. The van der Waals surface area contributed by atoms with Crippen LogP contribution >= 0.6 is 0 Å². The fourth-order valence-electron chi connectivity index (χ4n) is 3.90. The molecule has 2 aromatic rings. The Kier molecular flexibility index (Phi) is 11.8. The largest absolute Gasteiger partial charge is 0.481 e. The number of amides is 4. The van der Waals surface area contributed by atoms with Crippen molar-refractivity contribution in [1.82, 2.24) is 20.9 Å². The number of H-pyrrole nitrogens is 1. The van der Waals surface area contributed by atoms with Gasteiger partial charge in [-0.25, -0.2) is 4.79 Å². The van der Waals surface area contributed by atoms with Crippen molar-refractivity contribution in [2.75, 3.05) is 0 Å². The Balaban J connectivity index is 2.31. The summed E-state index contributed by atoms with van der Waals surface area (Å²) in [6.45, 7) is 0. The predicted octanol–water partition coefficient (Wildman–Crippen LogP) is -1.82. The van der Waals surface area contributed by atoms with Gasteiger partial charge in [-0.2, -0.15) is 0 Å². The molecule has 4 unspecified atom stereocenters. The molecule has 0 saturated heterocycles. The Bertz CT molecular complexity index is 1310. The van der Waals surface area contributed by atoms with Gasteiger partial charge in [-0.3, -0.25) is 28.8 Å². The van der Waals surface area contributed by atoms with Crippen molar-refractivity contribution < 1.29 is 48.9 Å². The van der Waals surface area contributed by atoms with Crippen molar-refractivity contribution in [3.05, 3.63) is 36.0 Å². The average Bonchev–Trinajstić information content (AvgIpc) is 3.30. The van der Waals surface area contributed by atoms with E-state index in [2.05, 4.69) is 20.9 Å². The molecule has 0 radical (unpaired) electrons. The van der Waals surface area contributed by atoms with Crippen LogP contribution < -0.4 is 27.4 Å². The minimum atomic E-state index is -1.60. The molecular weight excluding hydrogens is 544 g/mol. The van der Waals surface area contributed by atoms with Gasteiger partial charge in [0, 0.05) is 36.4 Å². The van der Waals surface area contributed by atoms with Crippen molar-refractivity contribution in [2.24, 2.45) is 11.5 Å². The molecule has 1 heterocycles. The Labute approximate surface area is 232 Å². The summed E-state index contributed by atoms with van der Waals surface area (Å²) in [6, 6.07) is 1.07. The number of aromatic amines is 1. The molecule has 2 rings (SSSR count). The molecule has 16 heteroatoms. The maximum absolute atomic E-state index is 13.2. The maximum Gasteiger partial charge on any atom is 0.326 e. The van der Waals surface area contributed by atoms with E-state index in [1.165, 1.54) is 0 Å². The summed E-state index contributed by atoms with van der Waals surface area (Å²) in [4.78, 5) is 86.9. The van der Waals surface area contributed by atoms with E-state index < -0.39 is 91.4 Å². The number of benzene rings is 1. The number of hydrogen-bond acceptors (Lipinski definition) is 8. The maximum atomic E-state index is 13.2. The van der Waals surface area contributed by atoms with E-state index in [-0.39, 0.29) is 12.8 Å². The zero-order valence-corrected chi connectivity index (χ0v) is 21.8. The molecule has 4 atom stereocenters. The molecule has 0 spiro atoms. The molecule has 0 aliphatic heterocycles. The molecular formula is C25H32N6O10. The number of fused-ring (bicyclic) bond motifs is 1. The Morgan fingerprint density at radius 3 is 1.95 bits per heavy atom. The fourth-order valence-corrected chi connectivity index (χ4v) is 3.90. The normalized spacial score (nSPS) is 13.8. The molecule has 41 heavy (non-hydrogen) atoms. The molecule has 1 aromatic heterocycles. The number of carbonyl (C=O) groups excluding carboxylic acids is 4. The Morgan fingerprint density at radius 2 is 1.34 bits per heavy atom. The quantitative estimate of drug-likeness (QED) is 0.101. The van der Waals surface area contributed by atoms with Crippen LogP contribution in [0, 0.1) is 0 Å². The van der Waals surface area contributed by atoms with Gasteiger partial charge in [-0.1, -0.05) is 18.2 Å². The summed E-state index contributed by atoms with van der Waals surface area (Å²) in [5, 5.41) is 34.7. The van der Waals surface area contributed by atoms with Gasteiger partial charge in [-0.15, -0.1) is 0 Å². The van der Waals surface area contributed by atoms with Crippen molar-refractivity contribution in [3.63, 3.8) is 0 Å². The molecule has 0 saturated carbocycles. The number of para-hydroxylation sites is 1. The van der Waals surface area contributed by atoms with Gasteiger partial charge < -0.3 is 47.7 Å². The summed E-state index contributed by atoms with van der Waals surface area (Å²) in [5.74, 6) is -7.89. The number of carbonyl (C=O) groups is 7. The van der Waals surface area contributed by atoms with Gasteiger partial charge in [0.15, 0.2) is 0 Å². The van der Waals surface area contributed by atoms with Gasteiger partial charge in [-0.05, 0) is 24.5 Å². The molecule has 4 amide bonds. The molecule has 0 fully saturated rings. The van der Waals surface area contributed by atoms with Crippen LogP contribution in [0.25, 0.3) is 10.9 Å². The monoisotopic (exact) mass is 576 g/mol. The van der Waals surface area contributed by atoms with E-state index in [0.717, 1.165) is 0 Å². The molecule has 0 bridgehead atoms. The number of nitrogens with one attached hydrogen (secondary N) is 4. The third-order valence-electron chi connectivity index (χ3n) is 6.04. The highest BCUT2D eigenvalue weighted by molar-refractivity contribution is 5.96. The zero-order chi connectivity index (χ0) is 30.7. The first kappa shape index (κ1) is 32.2. The number of hydrogen-bond donors (Lipinski definition) is 9. The number of aromatic nitrogens is 1. The number of carboxylic acids is 3. The van der Waals surface area contributed by atoms with Gasteiger partial charge in [0.25, 0.3) is 0 Å². The lowest BCUT2D eigenvalue weighted by Gasteiger charge is -2.24. The molecule has 11 N–H and O–H groups in total. The number of carboxylic acid groups (broad SMARTS) is 3. The third-order valence-corrected chi connectivity index (χ3v) is 6.04. The van der Waals surface area contributed by atoms with Gasteiger partial charge >= 0.3 is 17.9 Å². The topological polar surface area (TPSA) is 284 Å². The molecule has 16 nitrogen and oxygen atoms in total. The highest BCUT2D eigenvalue weighted by Crippen LogP contribution is 2.19. The second-order valence-electron chi connectivity index (χ2n) is 9.23. The summed E-state index contributed by atoms with van der Waals surface area (Å²) < 4.78 is 0. The second kappa shape index (κ2) is 15.0. The summed E-state index contributed by atoms with van der Waals surface area (Å²) >= 11 is 0. The lowest BCUT2D eigenvalue weighted by atomic mass is 10.0. The van der Waals surface area contributed by atoms with Crippen molar-refractivity contribution >= 4 is 52.4 Å². The summed E-state index contributed by atoms with van der Waals surface area (Å²) in [5.41, 5.74) is 12.2. The molecule has 222 valence electrons. The molecule has 0 aliphatic carbocycles. The van der Waals surface area contributed by atoms with Crippen molar-refractivity contribution in [3.8, 4) is 0 Å². The lowest BCUT2D eigenvalue weighted by molar-refractivity contribution is -0.143. The van der Waals surface area contributed by atoms with E-state index in [0.29, 0.717) is 16.5 Å². The van der Waals surface area contributed by atoms with Crippen LogP contribution in [0.15, 0.2) is 30.5 Å². The summed E-state index contributed by atoms with van der Waals surface area (Å²) in [6.07, 6.45) is -0.945.